The molecule has 2 N–H and O–H groups in total. The van der Waals surface area contributed by atoms with Gasteiger partial charge in [0.25, 0.3) is 5.91 Å². The van der Waals surface area contributed by atoms with E-state index in [1.165, 1.54) is 12.1 Å². The van der Waals surface area contributed by atoms with Crippen molar-refractivity contribution in [2.75, 3.05) is 19.0 Å². The lowest BCUT2D eigenvalue weighted by molar-refractivity contribution is -0.139. The molecule has 2 unspecified atom stereocenters. The maximum atomic E-state index is 13.1. The van der Waals surface area contributed by atoms with Crippen molar-refractivity contribution in [1.29, 1.82) is 0 Å². The molecule has 168 valence electrons. The summed E-state index contributed by atoms with van der Waals surface area (Å²) in [7, 11) is 1.51. The molecule has 0 bridgehead atoms. The lowest BCUT2D eigenvalue weighted by Gasteiger charge is -2.29. The zero-order valence-corrected chi connectivity index (χ0v) is 18.6. The van der Waals surface area contributed by atoms with E-state index in [9.17, 15) is 9.59 Å². The molecule has 2 amide bonds. The molecule has 2 aliphatic heterocycles. The molecule has 5 rings (SSSR count). The van der Waals surface area contributed by atoms with Gasteiger partial charge >= 0.3 is 0 Å². The summed E-state index contributed by atoms with van der Waals surface area (Å²) in [6.45, 7) is -0.214. The molecule has 1 saturated heterocycles. The predicted molar refractivity (Wildman–Crippen MR) is 127 cm³/mol. The van der Waals surface area contributed by atoms with Gasteiger partial charge in [0.05, 0.1) is 18.8 Å². The summed E-state index contributed by atoms with van der Waals surface area (Å²) in [5.74, 6) is -0.155. The van der Waals surface area contributed by atoms with Crippen LogP contribution in [0.5, 0.6) is 5.75 Å². The quantitative estimate of drug-likeness (QED) is 0.604. The number of anilines is 1. The summed E-state index contributed by atoms with van der Waals surface area (Å²) in [6.07, 6.45) is 2.13. The largest absolute Gasteiger partial charge is 0.495 e. The summed E-state index contributed by atoms with van der Waals surface area (Å²) in [6, 6.07) is 18.8. The van der Waals surface area contributed by atoms with E-state index in [1.807, 2.05) is 18.2 Å². The summed E-state index contributed by atoms with van der Waals surface area (Å²) < 4.78 is 5.26. The third kappa shape index (κ3) is 4.10. The van der Waals surface area contributed by atoms with Gasteiger partial charge in [-0.05, 0) is 41.0 Å². The normalized spacial score (nSPS) is 19.6. The number of ether oxygens (including phenoxy) is 1. The zero-order chi connectivity index (χ0) is 22.9. The molecular weight excluding hydrogens is 442 g/mol. The molecule has 9 heteroatoms. The molecule has 0 spiro atoms. The lowest BCUT2D eigenvalue weighted by Crippen LogP contribution is -2.52. The van der Waals surface area contributed by atoms with Crippen LogP contribution in [0.25, 0.3) is 10.8 Å². The SMILES string of the molecule is COc1ccc(Cl)cc1NC(=O)CN1N=CN2NC(c3cccc4ccccc34)CC2C1=O. The van der Waals surface area contributed by atoms with Crippen LogP contribution in [0.15, 0.2) is 65.8 Å². The standard InChI is InChI=1S/C24H22ClN5O3/c1-33-22-10-9-16(25)11-20(22)27-23(31)13-29-24(32)21-12-19(28-30(21)14-26-29)18-8-4-6-15-5-2-3-7-17(15)18/h2-11,14,19,21,28H,12-13H2,1H3,(H,27,31). The van der Waals surface area contributed by atoms with Crippen LogP contribution in [-0.2, 0) is 9.59 Å². The van der Waals surface area contributed by atoms with E-state index in [0.29, 0.717) is 22.9 Å². The van der Waals surface area contributed by atoms with E-state index >= 15 is 0 Å². The number of carbonyl (C=O) groups excluding carboxylic acids is 2. The first kappa shape index (κ1) is 21.2. The maximum Gasteiger partial charge on any atom is 0.267 e. The number of nitrogens with one attached hydrogen (secondary N) is 2. The highest BCUT2D eigenvalue weighted by atomic mass is 35.5. The van der Waals surface area contributed by atoms with E-state index in [-0.39, 0.29) is 18.5 Å². The van der Waals surface area contributed by atoms with Gasteiger partial charge in [0.1, 0.15) is 24.7 Å². The highest BCUT2D eigenvalue weighted by Crippen LogP contribution is 2.33. The second kappa shape index (κ2) is 8.73. The summed E-state index contributed by atoms with van der Waals surface area (Å²) in [5.41, 5.74) is 4.93. The second-order valence-corrected chi connectivity index (χ2v) is 8.36. The van der Waals surface area contributed by atoms with Crippen LogP contribution in [0.3, 0.4) is 0 Å². The number of amides is 2. The first-order valence-corrected chi connectivity index (χ1v) is 10.9. The molecule has 0 aliphatic carbocycles. The highest BCUT2D eigenvalue weighted by Gasteiger charge is 2.41. The van der Waals surface area contributed by atoms with Gasteiger partial charge in [0, 0.05) is 5.02 Å². The van der Waals surface area contributed by atoms with Gasteiger partial charge in [-0.25, -0.2) is 10.4 Å². The average molecular weight is 464 g/mol. The van der Waals surface area contributed by atoms with Crippen molar-refractivity contribution >= 4 is 46.2 Å². The number of benzene rings is 3. The fourth-order valence-electron chi connectivity index (χ4n) is 4.31. The van der Waals surface area contributed by atoms with Crippen LogP contribution in [0.1, 0.15) is 18.0 Å². The number of carbonyl (C=O) groups is 2. The number of hydrogen-bond donors (Lipinski definition) is 2. The van der Waals surface area contributed by atoms with Crippen molar-refractivity contribution in [2.45, 2.75) is 18.5 Å². The Labute approximate surface area is 195 Å². The molecule has 0 radical (unpaired) electrons. The summed E-state index contributed by atoms with van der Waals surface area (Å²) >= 11 is 6.03. The monoisotopic (exact) mass is 463 g/mol. The van der Waals surface area contributed by atoms with Crippen molar-refractivity contribution < 1.29 is 14.3 Å². The van der Waals surface area contributed by atoms with Crippen LogP contribution in [0, 0.1) is 0 Å². The number of halogens is 1. The molecule has 3 aromatic rings. The Morgan fingerprint density at radius 2 is 2.03 bits per heavy atom. The molecule has 2 aliphatic rings. The van der Waals surface area contributed by atoms with Crippen molar-refractivity contribution in [3.8, 4) is 5.75 Å². The topological polar surface area (TPSA) is 86.3 Å². The third-order valence-corrected chi connectivity index (χ3v) is 6.12. The van der Waals surface area contributed by atoms with Crippen LogP contribution in [0.2, 0.25) is 5.02 Å². The van der Waals surface area contributed by atoms with E-state index in [4.69, 9.17) is 16.3 Å². The first-order chi connectivity index (χ1) is 16.0. The fraction of sp³-hybridized carbons (Fsp3) is 0.208. The number of fused-ring (bicyclic) bond motifs is 2. The van der Waals surface area contributed by atoms with E-state index in [0.717, 1.165) is 16.3 Å². The molecule has 33 heavy (non-hydrogen) atoms. The second-order valence-electron chi connectivity index (χ2n) is 7.93. The highest BCUT2D eigenvalue weighted by molar-refractivity contribution is 6.31. The Morgan fingerprint density at radius 3 is 2.88 bits per heavy atom. The van der Waals surface area contributed by atoms with Crippen LogP contribution < -0.4 is 15.5 Å². The number of nitrogens with zero attached hydrogens (tertiary/aromatic N) is 3. The molecule has 2 heterocycles. The van der Waals surface area contributed by atoms with Crippen LogP contribution in [0.4, 0.5) is 5.69 Å². The van der Waals surface area contributed by atoms with Crippen molar-refractivity contribution in [3.05, 3.63) is 71.2 Å². The summed E-state index contributed by atoms with van der Waals surface area (Å²) in [4.78, 5) is 25.7. The predicted octanol–water partition coefficient (Wildman–Crippen LogP) is 3.55. The van der Waals surface area contributed by atoms with E-state index in [1.54, 1.807) is 29.5 Å². The first-order valence-electron chi connectivity index (χ1n) is 10.5. The molecule has 2 atom stereocenters. The van der Waals surface area contributed by atoms with Gasteiger partial charge in [-0.1, -0.05) is 54.1 Å². The lowest BCUT2D eigenvalue weighted by atomic mass is 9.96. The number of hydrogen-bond acceptors (Lipinski definition) is 6. The Hall–Kier alpha value is -3.62. The molecule has 0 aromatic heterocycles. The number of hydrazine groups is 1. The van der Waals surface area contributed by atoms with E-state index < -0.39 is 11.9 Å². The Kier molecular flexibility index (Phi) is 5.62. The van der Waals surface area contributed by atoms with E-state index in [2.05, 4.69) is 40.1 Å². The molecule has 3 aromatic carbocycles. The Morgan fingerprint density at radius 1 is 1.21 bits per heavy atom. The van der Waals surface area contributed by atoms with Crippen molar-refractivity contribution in [3.63, 3.8) is 0 Å². The van der Waals surface area contributed by atoms with Crippen molar-refractivity contribution in [1.82, 2.24) is 15.4 Å². The number of rotatable bonds is 5. The zero-order valence-electron chi connectivity index (χ0n) is 17.9. The minimum Gasteiger partial charge on any atom is -0.495 e. The number of hydrazone groups is 1. The van der Waals surface area contributed by atoms with Gasteiger partial charge in [-0.3, -0.25) is 14.6 Å². The minimum atomic E-state index is -0.444. The summed E-state index contributed by atoms with van der Waals surface area (Å²) in [5, 5.41) is 12.6. The van der Waals surface area contributed by atoms with Gasteiger partial charge in [0.15, 0.2) is 0 Å². The van der Waals surface area contributed by atoms with Gasteiger partial charge in [-0.15, -0.1) is 0 Å². The van der Waals surface area contributed by atoms with Gasteiger partial charge < -0.3 is 10.1 Å². The van der Waals surface area contributed by atoms with Crippen LogP contribution >= 0.6 is 11.6 Å². The maximum absolute atomic E-state index is 13.1. The van der Waals surface area contributed by atoms with Gasteiger partial charge in [-0.2, -0.15) is 5.10 Å². The molecule has 0 saturated carbocycles. The third-order valence-electron chi connectivity index (χ3n) is 5.88. The number of methoxy groups -OCH3 is 1. The fourth-order valence-corrected chi connectivity index (χ4v) is 4.49. The van der Waals surface area contributed by atoms with Gasteiger partial charge in [0.2, 0.25) is 5.91 Å². The minimum absolute atomic E-state index is 0.0407. The Bertz CT molecular complexity index is 1260. The smallest absolute Gasteiger partial charge is 0.267 e. The Balaban J connectivity index is 1.29. The van der Waals surface area contributed by atoms with Crippen LogP contribution in [-0.4, -0.2) is 47.9 Å². The molecule has 8 nitrogen and oxygen atoms in total. The van der Waals surface area contributed by atoms with Crippen molar-refractivity contribution in [2.24, 2.45) is 5.10 Å². The average Bonchev–Trinajstić information content (AvgIpc) is 3.26. The molecule has 1 fully saturated rings. The molecular formula is C24H22ClN5O3.